The minimum absolute atomic E-state index is 0.157. The van der Waals surface area contributed by atoms with Gasteiger partial charge >= 0.3 is 0 Å². The van der Waals surface area contributed by atoms with Crippen molar-refractivity contribution in [3.63, 3.8) is 0 Å². The highest BCUT2D eigenvalue weighted by Gasteiger charge is 2.09. The molecule has 3 nitrogen and oxygen atoms in total. The van der Waals surface area contributed by atoms with Crippen LogP contribution < -0.4 is 0 Å². The van der Waals surface area contributed by atoms with Crippen LogP contribution >= 0.6 is 0 Å². The Bertz CT molecular complexity index is 844. The van der Waals surface area contributed by atoms with E-state index in [-0.39, 0.29) is 5.88 Å². The van der Waals surface area contributed by atoms with Crippen molar-refractivity contribution in [3.05, 3.63) is 58.7 Å². The molecular formula is C18H18N2O. The maximum absolute atomic E-state index is 10.1. The fraction of sp³-hybridized carbons (Fsp3) is 0.167. The van der Waals surface area contributed by atoms with E-state index in [1.807, 2.05) is 39.0 Å². The highest BCUT2D eigenvalue weighted by Crippen LogP contribution is 2.27. The molecule has 106 valence electrons. The molecule has 0 radical (unpaired) electrons. The first-order chi connectivity index (χ1) is 10.0. The van der Waals surface area contributed by atoms with Gasteiger partial charge in [-0.05, 0) is 50.1 Å². The number of hydrogen-bond acceptors (Lipinski definition) is 2. The number of rotatable bonds is 2. The van der Waals surface area contributed by atoms with Gasteiger partial charge < -0.3 is 10.1 Å². The van der Waals surface area contributed by atoms with Crippen molar-refractivity contribution in [2.45, 2.75) is 20.8 Å². The van der Waals surface area contributed by atoms with Gasteiger partial charge in [-0.15, -0.1) is 0 Å². The van der Waals surface area contributed by atoms with Crippen molar-refractivity contribution in [1.82, 2.24) is 4.98 Å². The Morgan fingerprint density at radius 1 is 1.00 bits per heavy atom. The molecule has 1 heterocycles. The van der Waals surface area contributed by atoms with Crippen LogP contribution in [0.4, 0.5) is 5.69 Å². The van der Waals surface area contributed by atoms with Crippen LogP contribution in [0.2, 0.25) is 0 Å². The lowest BCUT2D eigenvalue weighted by atomic mass is 10.1. The van der Waals surface area contributed by atoms with Gasteiger partial charge in [0.2, 0.25) is 0 Å². The van der Waals surface area contributed by atoms with E-state index in [2.05, 4.69) is 28.2 Å². The van der Waals surface area contributed by atoms with Gasteiger partial charge in [0.15, 0.2) is 5.88 Å². The second kappa shape index (κ2) is 5.09. The first-order valence-electron chi connectivity index (χ1n) is 6.97. The zero-order valence-corrected chi connectivity index (χ0v) is 12.4. The van der Waals surface area contributed by atoms with Crippen LogP contribution in [0.15, 0.2) is 41.4 Å². The smallest absolute Gasteiger partial charge is 0.198 e. The minimum atomic E-state index is 0.157. The molecule has 0 bridgehead atoms. The third-order valence-corrected chi connectivity index (χ3v) is 3.67. The van der Waals surface area contributed by atoms with Crippen molar-refractivity contribution >= 4 is 22.8 Å². The maximum atomic E-state index is 10.1. The number of nitrogens with one attached hydrogen (secondary N) is 1. The zero-order chi connectivity index (χ0) is 15.0. The van der Waals surface area contributed by atoms with E-state index in [0.29, 0.717) is 0 Å². The molecule has 0 saturated carbocycles. The topological polar surface area (TPSA) is 48.4 Å². The van der Waals surface area contributed by atoms with E-state index in [4.69, 9.17) is 0 Å². The van der Waals surface area contributed by atoms with E-state index >= 15 is 0 Å². The number of aromatic hydroxyl groups is 1. The summed E-state index contributed by atoms with van der Waals surface area (Å²) < 4.78 is 0. The van der Waals surface area contributed by atoms with Crippen LogP contribution in [-0.2, 0) is 0 Å². The summed E-state index contributed by atoms with van der Waals surface area (Å²) in [4.78, 5) is 7.53. The summed E-state index contributed by atoms with van der Waals surface area (Å²) in [6.07, 6.45) is 1.73. The van der Waals surface area contributed by atoms with Crippen LogP contribution in [0.1, 0.15) is 22.3 Å². The van der Waals surface area contributed by atoms with Crippen LogP contribution in [0.3, 0.4) is 0 Å². The molecule has 0 atom stereocenters. The molecule has 0 aliphatic rings. The molecule has 0 aliphatic heterocycles. The quantitative estimate of drug-likeness (QED) is 0.664. The number of nitrogens with zero attached hydrogens (tertiary/aromatic N) is 1. The third kappa shape index (κ3) is 2.55. The second-order valence-corrected chi connectivity index (χ2v) is 5.48. The molecule has 0 aliphatic carbocycles. The Hall–Kier alpha value is -2.55. The molecule has 21 heavy (non-hydrogen) atoms. The number of aromatic amines is 1. The number of aromatic nitrogens is 1. The SMILES string of the molecule is Cc1ccc(C)c(N=Cc2c(O)[nH]c3ccc(C)cc23)c1. The van der Waals surface area contributed by atoms with Gasteiger partial charge in [-0.25, -0.2) is 0 Å². The first-order valence-corrected chi connectivity index (χ1v) is 6.97. The standard InChI is InChI=1S/C18H18N2O/c1-11-5-7-16-14(8-11)15(18(21)20-16)10-19-17-9-12(2)4-6-13(17)3/h4-10,20-21H,1-3H3. The monoisotopic (exact) mass is 278 g/mol. The second-order valence-electron chi connectivity index (χ2n) is 5.48. The number of aliphatic imine (C=N–C) groups is 1. The van der Waals surface area contributed by atoms with E-state index in [0.717, 1.165) is 33.3 Å². The van der Waals surface area contributed by atoms with Gasteiger partial charge in [0.1, 0.15) is 0 Å². The fourth-order valence-corrected chi connectivity index (χ4v) is 2.44. The van der Waals surface area contributed by atoms with Crippen molar-refractivity contribution in [2.24, 2.45) is 4.99 Å². The van der Waals surface area contributed by atoms with E-state index in [1.54, 1.807) is 6.21 Å². The molecule has 0 spiro atoms. The van der Waals surface area contributed by atoms with Crippen molar-refractivity contribution in [2.75, 3.05) is 0 Å². The summed E-state index contributed by atoms with van der Waals surface area (Å²) in [5.74, 6) is 0.157. The number of benzene rings is 2. The molecule has 0 saturated heterocycles. The molecule has 2 aromatic carbocycles. The number of aryl methyl sites for hydroxylation is 3. The third-order valence-electron chi connectivity index (χ3n) is 3.67. The average Bonchev–Trinajstić information content (AvgIpc) is 2.75. The molecule has 2 N–H and O–H groups in total. The zero-order valence-electron chi connectivity index (χ0n) is 12.4. The molecule has 1 aromatic heterocycles. The minimum Gasteiger partial charge on any atom is -0.494 e. The Morgan fingerprint density at radius 2 is 1.71 bits per heavy atom. The van der Waals surface area contributed by atoms with Gasteiger partial charge in [-0.2, -0.15) is 0 Å². The number of hydrogen-bond donors (Lipinski definition) is 2. The van der Waals surface area contributed by atoms with Gasteiger partial charge in [-0.1, -0.05) is 23.8 Å². The van der Waals surface area contributed by atoms with Crippen molar-refractivity contribution in [1.29, 1.82) is 0 Å². The number of fused-ring (bicyclic) bond motifs is 1. The molecule has 3 rings (SSSR count). The summed E-state index contributed by atoms with van der Waals surface area (Å²) in [6.45, 7) is 6.12. The largest absolute Gasteiger partial charge is 0.494 e. The highest BCUT2D eigenvalue weighted by molar-refractivity contribution is 6.02. The van der Waals surface area contributed by atoms with Crippen LogP contribution in [0.5, 0.6) is 5.88 Å². The fourth-order valence-electron chi connectivity index (χ4n) is 2.44. The summed E-state index contributed by atoms with van der Waals surface area (Å²) >= 11 is 0. The molecular weight excluding hydrogens is 260 g/mol. The summed E-state index contributed by atoms with van der Waals surface area (Å²) in [5.41, 5.74) is 6.02. The Morgan fingerprint density at radius 3 is 2.52 bits per heavy atom. The number of H-pyrrole nitrogens is 1. The van der Waals surface area contributed by atoms with Crippen molar-refractivity contribution < 1.29 is 5.11 Å². The maximum Gasteiger partial charge on any atom is 0.198 e. The predicted molar refractivity (Wildman–Crippen MR) is 87.9 cm³/mol. The van der Waals surface area contributed by atoms with Gasteiger partial charge in [-0.3, -0.25) is 4.99 Å². The van der Waals surface area contributed by atoms with Gasteiger partial charge in [0, 0.05) is 17.1 Å². The van der Waals surface area contributed by atoms with Crippen molar-refractivity contribution in [3.8, 4) is 5.88 Å². The normalized spacial score (nSPS) is 11.6. The lowest BCUT2D eigenvalue weighted by Gasteiger charge is -2.01. The molecule has 3 heteroatoms. The highest BCUT2D eigenvalue weighted by atomic mass is 16.3. The molecule has 3 aromatic rings. The summed E-state index contributed by atoms with van der Waals surface area (Å²) in [6, 6.07) is 12.2. The summed E-state index contributed by atoms with van der Waals surface area (Å²) in [5, 5.41) is 11.1. The molecule has 0 unspecified atom stereocenters. The first kappa shape index (κ1) is 13.4. The van der Waals surface area contributed by atoms with Crippen LogP contribution in [-0.4, -0.2) is 16.3 Å². The van der Waals surface area contributed by atoms with Crippen LogP contribution in [0.25, 0.3) is 10.9 Å². The summed E-state index contributed by atoms with van der Waals surface area (Å²) in [7, 11) is 0. The Balaban J connectivity index is 2.09. The van der Waals surface area contributed by atoms with E-state index < -0.39 is 0 Å². The Kier molecular flexibility index (Phi) is 3.26. The lowest BCUT2D eigenvalue weighted by molar-refractivity contribution is 0.457. The van der Waals surface area contributed by atoms with Crippen LogP contribution in [0, 0.1) is 20.8 Å². The predicted octanol–water partition coefficient (Wildman–Crippen LogP) is 4.55. The average molecular weight is 278 g/mol. The Labute approximate surface area is 124 Å². The van der Waals surface area contributed by atoms with E-state index in [1.165, 1.54) is 5.56 Å². The molecule has 0 amide bonds. The molecule has 0 fully saturated rings. The van der Waals surface area contributed by atoms with Gasteiger partial charge in [0.05, 0.1) is 11.3 Å². The van der Waals surface area contributed by atoms with Gasteiger partial charge in [0.25, 0.3) is 0 Å². The lowest BCUT2D eigenvalue weighted by Crippen LogP contribution is -1.82. The van der Waals surface area contributed by atoms with E-state index in [9.17, 15) is 5.11 Å².